The number of rotatable bonds is 5. The van der Waals surface area contributed by atoms with E-state index in [9.17, 15) is 18.4 Å². The van der Waals surface area contributed by atoms with Crippen LogP contribution in [0.4, 0.5) is 18.9 Å². The molecule has 1 aliphatic heterocycles. The summed E-state index contributed by atoms with van der Waals surface area (Å²) >= 11 is 0. The van der Waals surface area contributed by atoms with Crippen LogP contribution in [0.2, 0.25) is 0 Å². The number of pyridine rings is 1. The zero-order valence-corrected chi connectivity index (χ0v) is 16.7. The number of ether oxygens (including phenoxy) is 1. The first-order chi connectivity index (χ1) is 15.3. The van der Waals surface area contributed by atoms with Crippen LogP contribution in [-0.2, 0) is 12.0 Å². The lowest BCUT2D eigenvalue weighted by molar-refractivity contribution is -0.274. The van der Waals surface area contributed by atoms with Crippen LogP contribution in [-0.4, -0.2) is 39.7 Å². The lowest BCUT2D eigenvalue weighted by Crippen LogP contribution is -2.42. The molecule has 166 valence electrons. The van der Waals surface area contributed by atoms with Crippen molar-refractivity contribution in [2.45, 2.75) is 31.2 Å². The van der Waals surface area contributed by atoms with Gasteiger partial charge in [0, 0.05) is 13.1 Å². The number of nitriles is 1. The van der Waals surface area contributed by atoms with E-state index in [2.05, 4.69) is 30.8 Å². The van der Waals surface area contributed by atoms with Crippen molar-refractivity contribution < 1.29 is 27.5 Å². The second kappa shape index (κ2) is 8.47. The van der Waals surface area contributed by atoms with Gasteiger partial charge in [-0.3, -0.25) is 0 Å². The Kier molecular flexibility index (Phi) is 5.71. The van der Waals surface area contributed by atoms with E-state index in [4.69, 9.17) is 9.63 Å². The normalized spacial score (nSPS) is 15.9. The van der Waals surface area contributed by atoms with E-state index < -0.39 is 11.8 Å². The second-order valence-electron chi connectivity index (χ2n) is 7.33. The van der Waals surface area contributed by atoms with Crippen molar-refractivity contribution in [1.82, 2.24) is 15.1 Å². The summed E-state index contributed by atoms with van der Waals surface area (Å²) in [6, 6.07) is 11.4. The van der Waals surface area contributed by atoms with Gasteiger partial charge in [-0.2, -0.15) is 10.2 Å². The van der Waals surface area contributed by atoms with Gasteiger partial charge in [-0.25, -0.2) is 4.98 Å². The summed E-state index contributed by atoms with van der Waals surface area (Å²) in [7, 11) is 0. The van der Waals surface area contributed by atoms with Crippen LogP contribution < -0.4 is 9.64 Å². The van der Waals surface area contributed by atoms with Crippen LogP contribution in [0.3, 0.4) is 0 Å². The van der Waals surface area contributed by atoms with Crippen LogP contribution >= 0.6 is 0 Å². The lowest BCUT2D eigenvalue weighted by atomic mass is 9.74. The number of aliphatic hydroxyl groups is 1. The van der Waals surface area contributed by atoms with Gasteiger partial charge in [0.1, 0.15) is 18.1 Å². The third-order valence-electron chi connectivity index (χ3n) is 5.41. The smallest absolute Gasteiger partial charge is 0.406 e. The van der Waals surface area contributed by atoms with Gasteiger partial charge in [0.05, 0.1) is 23.4 Å². The molecule has 0 radical (unpaired) electrons. The molecule has 0 saturated carbocycles. The number of hydrogen-bond acceptors (Lipinski definition) is 8. The first-order valence-electron chi connectivity index (χ1n) is 9.74. The molecule has 32 heavy (non-hydrogen) atoms. The predicted molar refractivity (Wildman–Crippen MR) is 105 cm³/mol. The van der Waals surface area contributed by atoms with E-state index in [0.29, 0.717) is 37.2 Å². The number of benzene rings is 1. The molecule has 0 spiro atoms. The van der Waals surface area contributed by atoms with Gasteiger partial charge in [0.25, 0.3) is 5.89 Å². The predicted octanol–water partition coefficient (Wildman–Crippen LogP) is 3.58. The Morgan fingerprint density at radius 1 is 1.16 bits per heavy atom. The van der Waals surface area contributed by atoms with E-state index >= 15 is 0 Å². The summed E-state index contributed by atoms with van der Waals surface area (Å²) in [5.74, 6) is 0.0683. The molecule has 1 N–H and O–H groups in total. The molecule has 1 fully saturated rings. The Morgan fingerprint density at radius 2 is 1.88 bits per heavy atom. The Morgan fingerprint density at radius 3 is 2.41 bits per heavy atom. The van der Waals surface area contributed by atoms with Crippen LogP contribution in [0.5, 0.6) is 5.75 Å². The van der Waals surface area contributed by atoms with E-state index in [1.807, 2.05) is 6.07 Å². The SMILES string of the molecule is N#CC1(c2ccc(OC(F)(F)F)cc2)CCN(c2ccc(-c3nc(CO)no3)nc2)CC1. The zero-order chi connectivity index (χ0) is 22.8. The molecule has 1 saturated heterocycles. The molecule has 8 nitrogen and oxygen atoms in total. The summed E-state index contributed by atoms with van der Waals surface area (Å²) in [5.41, 5.74) is 1.21. The Balaban J connectivity index is 1.43. The molecule has 1 aromatic carbocycles. The molecule has 2 aromatic heterocycles. The van der Waals surface area contributed by atoms with Gasteiger partial charge < -0.3 is 19.3 Å². The largest absolute Gasteiger partial charge is 0.573 e. The summed E-state index contributed by atoms with van der Waals surface area (Å²) < 4.78 is 46.1. The lowest BCUT2D eigenvalue weighted by Gasteiger charge is -2.38. The highest BCUT2D eigenvalue weighted by Crippen LogP contribution is 2.37. The third kappa shape index (κ3) is 4.50. The maximum absolute atomic E-state index is 12.4. The van der Waals surface area contributed by atoms with Crippen LogP contribution in [0.25, 0.3) is 11.6 Å². The topological polar surface area (TPSA) is 108 Å². The highest BCUT2D eigenvalue weighted by atomic mass is 19.4. The highest BCUT2D eigenvalue weighted by Gasteiger charge is 2.37. The number of aromatic nitrogens is 3. The Bertz CT molecular complexity index is 1100. The average Bonchev–Trinajstić information content (AvgIpc) is 3.28. The number of hydrogen-bond donors (Lipinski definition) is 1. The number of nitrogens with zero attached hydrogens (tertiary/aromatic N) is 5. The fourth-order valence-electron chi connectivity index (χ4n) is 3.71. The van der Waals surface area contributed by atoms with Gasteiger partial charge in [0.2, 0.25) is 0 Å². The van der Waals surface area contributed by atoms with Crippen LogP contribution in [0.15, 0.2) is 47.1 Å². The molecular formula is C21H18F3N5O3. The molecule has 3 heterocycles. The highest BCUT2D eigenvalue weighted by molar-refractivity contribution is 5.54. The van der Waals surface area contributed by atoms with Crippen molar-refractivity contribution in [3.63, 3.8) is 0 Å². The van der Waals surface area contributed by atoms with Gasteiger partial charge in [-0.05, 0) is 42.7 Å². The molecule has 3 aromatic rings. The molecule has 1 aliphatic rings. The minimum absolute atomic E-state index is 0.174. The molecule has 4 rings (SSSR count). The summed E-state index contributed by atoms with van der Waals surface area (Å²) in [6.45, 7) is 0.823. The molecule has 0 aliphatic carbocycles. The number of halogens is 3. The Labute approximate surface area is 180 Å². The number of anilines is 1. The fraction of sp³-hybridized carbons (Fsp3) is 0.333. The minimum Gasteiger partial charge on any atom is -0.406 e. The zero-order valence-electron chi connectivity index (χ0n) is 16.7. The van der Waals surface area contributed by atoms with Crippen molar-refractivity contribution >= 4 is 5.69 Å². The first kappa shape index (κ1) is 21.6. The number of alkyl halides is 3. The van der Waals surface area contributed by atoms with Crippen LogP contribution in [0.1, 0.15) is 24.2 Å². The van der Waals surface area contributed by atoms with Crippen molar-refractivity contribution in [3.8, 4) is 23.4 Å². The molecule has 11 heteroatoms. The molecule has 0 unspecified atom stereocenters. The van der Waals surface area contributed by atoms with Crippen molar-refractivity contribution in [3.05, 3.63) is 54.0 Å². The van der Waals surface area contributed by atoms with Crippen molar-refractivity contribution in [1.29, 1.82) is 5.26 Å². The molecule has 0 bridgehead atoms. The van der Waals surface area contributed by atoms with E-state index in [0.717, 1.165) is 5.69 Å². The maximum atomic E-state index is 12.4. The summed E-state index contributed by atoms with van der Waals surface area (Å²) in [4.78, 5) is 10.4. The minimum atomic E-state index is -4.76. The molecule has 0 amide bonds. The van der Waals surface area contributed by atoms with Crippen molar-refractivity contribution in [2.75, 3.05) is 18.0 Å². The van der Waals surface area contributed by atoms with Gasteiger partial charge in [-0.1, -0.05) is 17.3 Å². The maximum Gasteiger partial charge on any atom is 0.573 e. The summed E-state index contributed by atoms with van der Waals surface area (Å²) in [6.07, 6.45) is -2.07. The van der Waals surface area contributed by atoms with E-state index in [-0.39, 0.29) is 24.1 Å². The Hall–Kier alpha value is -3.65. The van der Waals surface area contributed by atoms with Crippen molar-refractivity contribution in [2.24, 2.45) is 0 Å². The average molecular weight is 445 g/mol. The fourth-order valence-corrected chi connectivity index (χ4v) is 3.71. The van der Waals surface area contributed by atoms with E-state index in [1.54, 1.807) is 12.3 Å². The van der Waals surface area contributed by atoms with Gasteiger partial charge in [-0.15, -0.1) is 13.2 Å². The first-order valence-corrected chi connectivity index (χ1v) is 9.74. The van der Waals surface area contributed by atoms with Gasteiger partial charge >= 0.3 is 6.36 Å². The standard InChI is InChI=1S/C21H18F3N5O3/c22-21(23,24)31-16-4-1-14(2-5-16)20(13-25)7-9-29(10-8-20)15-3-6-17(26-11-15)19-27-18(12-30)28-32-19/h1-6,11,30H,7-10,12H2. The third-order valence-corrected chi connectivity index (χ3v) is 5.41. The monoisotopic (exact) mass is 445 g/mol. The van der Waals surface area contributed by atoms with Crippen LogP contribution in [0, 0.1) is 11.3 Å². The van der Waals surface area contributed by atoms with E-state index in [1.165, 1.54) is 24.3 Å². The second-order valence-corrected chi connectivity index (χ2v) is 7.33. The van der Waals surface area contributed by atoms with Gasteiger partial charge in [0.15, 0.2) is 5.82 Å². The molecular weight excluding hydrogens is 427 g/mol. The quantitative estimate of drug-likeness (QED) is 0.635. The number of piperidine rings is 1. The number of aliphatic hydroxyl groups excluding tert-OH is 1. The summed E-state index contributed by atoms with van der Waals surface area (Å²) in [5, 5.41) is 22.5. The molecule has 0 atom stereocenters.